The van der Waals surface area contributed by atoms with Crippen molar-refractivity contribution < 1.29 is 47.5 Å². The maximum absolute atomic E-state index is 12.6. The molecule has 0 heterocycles. The number of ketones is 1. The van der Waals surface area contributed by atoms with Gasteiger partial charge in [-0.25, -0.2) is 4.79 Å². The quantitative estimate of drug-likeness (QED) is 0.140. The van der Waals surface area contributed by atoms with E-state index in [1.807, 2.05) is 0 Å². The van der Waals surface area contributed by atoms with E-state index in [1.165, 1.54) is 5.57 Å². The zero-order chi connectivity index (χ0) is 24.6. The predicted molar refractivity (Wildman–Crippen MR) is 134 cm³/mol. The first-order valence-electron chi connectivity index (χ1n) is 14.1. The summed E-state index contributed by atoms with van der Waals surface area (Å²) in [6.45, 7) is 14.6. The first-order valence-corrected chi connectivity index (χ1v) is 14.1. The number of carbonyl (C=O) groups is 2. The van der Waals surface area contributed by atoms with E-state index in [1.54, 1.807) is 0 Å². The molecule has 3 fully saturated rings. The number of quaternary nitrogens is 1. The minimum Gasteiger partial charge on any atom is -1.00 e. The first kappa shape index (κ1) is 28.9. The third kappa shape index (κ3) is 5.35. The summed E-state index contributed by atoms with van der Waals surface area (Å²) in [4.78, 5) is 25.3. The number of Topliss-reactive ketones (excluding diaryl/α,β-unsaturated/α-hetero) is 1. The monoisotopic (exact) mass is 601 g/mol. The zero-order valence-corrected chi connectivity index (χ0v) is 24.9. The van der Waals surface area contributed by atoms with Crippen LogP contribution < -0.4 is 24.0 Å². The maximum atomic E-state index is 12.6. The number of hydrogen-bond donors (Lipinski definition) is 0. The molecule has 0 spiro atoms. The number of carbonyl (C=O) groups excluding carboxylic acids is 2. The topological polar surface area (TPSA) is 52.6 Å². The van der Waals surface area contributed by atoms with Gasteiger partial charge in [-0.15, -0.1) is 0 Å². The van der Waals surface area contributed by atoms with Crippen LogP contribution in [0.1, 0.15) is 98.8 Å². The third-order valence-electron chi connectivity index (χ3n) is 10.8. The van der Waals surface area contributed by atoms with Crippen molar-refractivity contribution >= 4 is 11.9 Å². The molecule has 6 heteroatoms. The molecule has 200 valence electrons. The molecule has 0 amide bonds. The van der Waals surface area contributed by atoms with E-state index in [-0.39, 0.29) is 40.9 Å². The van der Waals surface area contributed by atoms with Gasteiger partial charge >= 0.3 is 6.16 Å². The fourth-order valence-corrected chi connectivity index (χ4v) is 8.14. The van der Waals surface area contributed by atoms with E-state index < -0.39 is 6.16 Å². The van der Waals surface area contributed by atoms with Crippen molar-refractivity contribution in [2.75, 3.05) is 26.4 Å². The summed E-state index contributed by atoms with van der Waals surface area (Å²) in [5.74, 6) is 2.36. The van der Waals surface area contributed by atoms with Gasteiger partial charge in [0, 0.05) is 18.3 Å². The van der Waals surface area contributed by atoms with E-state index in [4.69, 9.17) is 9.47 Å². The Morgan fingerprint density at radius 2 is 1.74 bits per heavy atom. The molecular formula is C29H48INO4. The Labute approximate surface area is 230 Å². The Bertz CT molecular complexity index is 809. The molecule has 0 aliphatic heterocycles. The van der Waals surface area contributed by atoms with Crippen molar-refractivity contribution in [3.8, 4) is 0 Å². The molecule has 0 bridgehead atoms. The number of nitrogens with zero attached hydrogens (tertiary/aromatic N) is 1. The fraction of sp³-hybridized carbons (Fsp3) is 0.862. The third-order valence-corrected chi connectivity index (χ3v) is 10.8. The minimum atomic E-state index is -0.498. The van der Waals surface area contributed by atoms with Crippen LogP contribution in [0.5, 0.6) is 0 Å². The van der Waals surface area contributed by atoms with Gasteiger partial charge in [-0.2, -0.15) is 0 Å². The van der Waals surface area contributed by atoms with E-state index in [2.05, 4.69) is 40.7 Å². The van der Waals surface area contributed by atoms with Crippen LogP contribution in [0.4, 0.5) is 4.79 Å². The molecule has 0 saturated heterocycles. The number of halogens is 1. The fourth-order valence-electron chi connectivity index (χ4n) is 8.14. The number of hydrogen-bond acceptors (Lipinski definition) is 4. The summed E-state index contributed by atoms with van der Waals surface area (Å²) < 4.78 is 12.3. The number of ether oxygens (including phenoxy) is 2. The Balaban J connectivity index is 0.00000342. The molecule has 0 aromatic carbocycles. The van der Waals surface area contributed by atoms with Gasteiger partial charge in [-0.05, 0) is 82.0 Å². The molecule has 0 aromatic heterocycles. The molecule has 0 radical (unpaired) electrons. The lowest BCUT2D eigenvalue weighted by atomic mass is 9.48. The average Bonchev–Trinajstić information content (AvgIpc) is 3.14. The normalized spacial score (nSPS) is 36.3. The number of unbranched alkanes of at least 4 members (excludes halogenated alkanes) is 1. The second kappa shape index (κ2) is 11.4. The molecule has 5 nitrogen and oxygen atoms in total. The van der Waals surface area contributed by atoms with Crippen molar-refractivity contribution in [2.45, 2.75) is 105 Å². The average molecular weight is 602 g/mol. The van der Waals surface area contributed by atoms with Crippen LogP contribution in [0.15, 0.2) is 11.6 Å². The van der Waals surface area contributed by atoms with Crippen LogP contribution in [-0.4, -0.2) is 48.9 Å². The van der Waals surface area contributed by atoms with Gasteiger partial charge in [0.2, 0.25) is 6.73 Å². The Morgan fingerprint density at radius 1 is 1.06 bits per heavy atom. The number of rotatable bonds is 8. The molecule has 35 heavy (non-hydrogen) atoms. The maximum Gasteiger partial charge on any atom is 0.512 e. The largest absolute Gasteiger partial charge is 1.00 e. The van der Waals surface area contributed by atoms with Gasteiger partial charge in [0.25, 0.3) is 0 Å². The number of fused-ring (bicyclic) bond motifs is 5. The highest BCUT2D eigenvalue weighted by molar-refractivity contribution is 5.87. The smallest absolute Gasteiger partial charge is 0.512 e. The van der Waals surface area contributed by atoms with E-state index in [0.29, 0.717) is 30.3 Å². The van der Waals surface area contributed by atoms with Crippen molar-refractivity contribution in [3.63, 3.8) is 0 Å². The molecule has 6 atom stereocenters. The van der Waals surface area contributed by atoms with Crippen molar-refractivity contribution in [1.82, 2.24) is 0 Å². The second-order valence-corrected chi connectivity index (χ2v) is 12.2. The second-order valence-electron chi connectivity index (χ2n) is 12.2. The molecule has 4 rings (SSSR count). The zero-order valence-electron chi connectivity index (χ0n) is 22.7. The Hall–Kier alpha value is -0.630. The highest BCUT2D eigenvalue weighted by Gasteiger charge is 2.58. The summed E-state index contributed by atoms with van der Waals surface area (Å²) in [5, 5.41) is 0. The van der Waals surface area contributed by atoms with Crippen molar-refractivity contribution in [2.24, 2.45) is 28.6 Å². The SMILES string of the molecule is CCCC[N+](CC)(CC)COC(=O)O[C@H]1CC[C@@]2(C)C(=CC[C@@H]3[C@@H]2CC[C@]2(C)C(=O)CC[C@@H]32)C1.[I-]. The lowest BCUT2D eigenvalue weighted by Crippen LogP contribution is -3.00. The van der Waals surface area contributed by atoms with Crippen LogP contribution in [0, 0.1) is 28.6 Å². The molecule has 3 saturated carbocycles. The first-order chi connectivity index (χ1) is 16.2. The lowest BCUT2D eigenvalue weighted by molar-refractivity contribution is -0.940. The van der Waals surface area contributed by atoms with Crippen LogP contribution in [0.2, 0.25) is 0 Å². The van der Waals surface area contributed by atoms with E-state index >= 15 is 0 Å². The summed E-state index contributed by atoms with van der Waals surface area (Å²) in [6, 6.07) is 0. The summed E-state index contributed by atoms with van der Waals surface area (Å²) in [6.07, 6.45) is 12.2. The van der Waals surface area contributed by atoms with Crippen molar-refractivity contribution in [3.05, 3.63) is 11.6 Å². The Morgan fingerprint density at radius 3 is 2.43 bits per heavy atom. The standard InChI is InChI=1S/C29H48NO4.HI/c1-6-9-18-30(7-2,8-3)20-33-27(32)34-22-14-16-28(4)21(19-22)10-11-23-24-12-13-26(31)29(24,5)17-15-25(23)28;/h10,22-25H,6-9,11-20H2,1-5H3;1H/q+1;/p-1/t22-,23-,24-,25-,28-,29-;/m0./s1. The highest BCUT2D eigenvalue weighted by atomic mass is 127. The molecule has 4 aliphatic rings. The van der Waals surface area contributed by atoms with Crippen LogP contribution in [0.25, 0.3) is 0 Å². The van der Waals surface area contributed by atoms with Gasteiger partial charge in [-0.1, -0.05) is 38.8 Å². The van der Waals surface area contributed by atoms with Gasteiger partial charge in [0.15, 0.2) is 0 Å². The lowest BCUT2D eigenvalue weighted by Gasteiger charge is -2.56. The van der Waals surface area contributed by atoms with Crippen LogP contribution in [-0.2, 0) is 14.3 Å². The highest BCUT2D eigenvalue weighted by Crippen LogP contribution is 2.64. The molecular weight excluding hydrogens is 553 g/mol. The summed E-state index contributed by atoms with van der Waals surface area (Å²) in [7, 11) is 0. The number of allylic oxidation sites excluding steroid dienone is 1. The molecule has 4 aliphatic carbocycles. The molecule has 0 N–H and O–H groups in total. The minimum absolute atomic E-state index is 0. The van der Waals surface area contributed by atoms with Gasteiger partial charge in [0.1, 0.15) is 11.9 Å². The molecule has 0 unspecified atom stereocenters. The van der Waals surface area contributed by atoms with Gasteiger partial charge in [-0.3, -0.25) is 9.28 Å². The van der Waals surface area contributed by atoms with Crippen LogP contribution in [0.3, 0.4) is 0 Å². The van der Waals surface area contributed by atoms with E-state index in [0.717, 1.165) is 88.3 Å². The Kier molecular flexibility index (Phi) is 9.43. The van der Waals surface area contributed by atoms with Gasteiger partial charge < -0.3 is 33.5 Å². The van der Waals surface area contributed by atoms with Crippen LogP contribution >= 0.6 is 0 Å². The summed E-state index contributed by atoms with van der Waals surface area (Å²) in [5.41, 5.74) is 1.60. The predicted octanol–water partition coefficient (Wildman–Crippen LogP) is 3.66. The van der Waals surface area contributed by atoms with Crippen molar-refractivity contribution in [1.29, 1.82) is 0 Å². The van der Waals surface area contributed by atoms with E-state index in [9.17, 15) is 9.59 Å². The summed E-state index contributed by atoms with van der Waals surface area (Å²) >= 11 is 0. The van der Waals surface area contributed by atoms with Gasteiger partial charge in [0.05, 0.1) is 19.6 Å². The molecule has 0 aromatic rings.